The van der Waals surface area contributed by atoms with Gasteiger partial charge in [-0.2, -0.15) is 10.2 Å². The highest BCUT2D eigenvalue weighted by atomic mass is 16.5. The Hall–Kier alpha value is -7.40. The van der Waals surface area contributed by atoms with Crippen molar-refractivity contribution in [2.24, 2.45) is 10.2 Å². The number of nitrogens with zero attached hydrogens (tertiary/aromatic N) is 6. The first-order chi connectivity index (χ1) is 31.4. The van der Waals surface area contributed by atoms with Crippen LogP contribution in [0.25, 0.3) is 43.6 Å². The van der Waals surface area contributed by atoms with Crippen molar-refractivity contribution in [2.75, 3.05) is 36.3 Å². The minimum atomic E-state index is -0.838. The van der Waals surface area contributed by atoms with Crippen LogP contribution in [-0.4, -0.2) is 70.3 Å². The summed E-state index contributed by atoms with van der Waals surface area (Å²) in [6.45, 7) is 6.68. The zero-order valence-corrected chi connectivity index (χ0v) is 36.1. The molecular formula is C54H52N6O4. The number of ether oxygens (including phenoxy) is 2. The molecule has 322 valence electrons. The van der Waals surface area contributed by atoms with E-state index in [-0.39, 0.29) is 26.3 Å². The van der Waals surface area contributed by atoms with E-state index in [4.69, 9.17) is 19.7 Å². The fourth-order valence-corrected chi connectivity index (χ4v) is 8.42. The second kappa shape index (κ2) is 19.3. The molecule has 2 aromatic heterocycles. The fraction of sp³-hybridized carbons (Fsp3) is 0.185. The van der Waals surface area contributed by atoms with Crippen LogP contribution in [0.3, 0.4) is 0 Å². The lowest BCUT2D eigenvalue weighted by Gasteiger charge is -2.23. The van der Waals surface area contributed by atoms with Crippen LogP contribution in [0.15, 0.2) is 180 Å². The summed E-state index contributed by atoms with van der Waals surface area (Å²) in [5.41, 5.74) is 8.48. The van der Waals surface area contributed by atoms with Crippen molar-refractivity contribution in [3.8, 4) is 11.5 Å². The van der Waals surface area contributed by atoms with Crippen molar-refractivity contribution in [3.63, 3.8) is 0 Å². The van der Waals surface area contributed by atoms with E-state index in [0.717, 1.165) is 35.6 Å². The fourth-order valence-electron chi connectivity index (χ4n) is 8.42. The van der Waals surface area contributed by atoms with Gasteiger partial charge < -0.3 is 28.8 Å². The predicted octanol–water partition coefficient (Wildman–Crippen LogP) is 10.5. The van der Waals surface area contributed by atoms with Gasteiger partial charge in [0.1, 0.15) is 36.9 Å². The number of fused-ring (bicyclic) bond motifs is 6. The molecule has 2 N–H and O–H groups in total. The second-order valence-electron chi connectivity index (χ2n) is 15.8. The SMILES string of the molecule is CCn1c2ccccc2c2cc(/C=N/N(CC(O)COc3ccc(OCC(O)CN(/N=C/c4ccc5c(c4)c4ccccc4n5CC)c4ccccc4)cc3)c3ccccc3)ccc21. The molecule has 10 nitrogen and oxygen atoms in total. The number of hydrogen-bond acceptors (Lipinski definition) is 8. The molecule has 64 heavy (non-hydrogen) atoms. The Bertz CT molecular complexity index is 2830. The zero-order valence-electron chi connectivity index (χ0n) is 36.1. The van der Waals surface area contributed by atoms with Crippen LogP contribution in [0.2, 0.25) is 0 Å². The molecule has 0 radical (unpaired) electrons. The number of benzene rings is 7. The molecule has 9 rings (SSSR count). The van der Waals surface area contributed by atoms with Crippen molar-refractivity contribution in [1.29, 1.82) is 0 Å². The highest BCUT2D eigenvalue weighted by Gasteiger charge is 2.16. The molecule has 0 spiro atoms. The van der Waals surface area contributed by atoms with Crippen LogP contribution < -0.4 is 19.5 Å². The molecule has 0 amide bonds. The Balaban J connectivity index is 0.805. The summed E-state index contributed by atoms with van der Waals surface area (Å²) in [5.74, 6) is 1.17. The van der Waals surface area contributed by atoms with Crippen molar-refractivity contribution in [1.82, 2.24) is 9.13 Å². The molecule has 2 unspecified atom stereocenters. The first-order valence-electron chi connectivity index (χ1n) is 21.9. The summed E-state index contributed by atoms with van der Waals surface area (Å²) in [6.07, 6.45) is 2.01. The Morgan fingerprint density at radius 3 is 1.25 bits per heavy atom. The zero-order chi connectivity index (χ0) is 43.8. The minimum absolute atomic E-state index is 0.0615. The molecular weight excluding hydrogens is 797 g/mol. The summed E-state index contributed by atoms with van der Waals surface area (Å²) in [4.78, 5) is 0. The van der Waals surface area contributed by atoms with E-state index in [9.17, 15) is 10.2 Å². The number of para-hydroxylation sites is 4. The standard InChI is InChI=1S/C54H52N6O4/c1-3-57-51-21-13-11-19-47(51)49-31-39(23-29-53(49)57)33-55-59(41-15-7-5-8-16-41)35-43(61)37-63-45-25-27-46(28-26-45)64-38-44(62)36-60(42-17-9-6-10-18-42)56-34-40-24-30-54-50(32-40)48-20-12-14-22-52(48)58(54)4-2/h5-34,43-44,61-62H,3-4,35-38H2,1-2H3/b55-33+,56-34+. The highest BCUT2D eigenvalue weighted by molar-refractivity contribution is 6.10. The molecule has 0 saturated heterocycles. The molecule has 9 aromatic rings. The number of aliphatic hydroxyl groups is 2. The number of anilines is 2. The van der Waals surface area contributed by atoms with Gasteiger partial charge in [0.15, 0.2) is 0 Å². The molecule has 7 aromatic carbocycles. The highest BCUT2D eigenvalue weighted by Crippen LogP contribution is 2.31. The maximum absolute atomic E-state index is 11.2. The summed E-state index contributed by atoms with van der Waals surface area (Å²) in [5, 5.41) is 40.4. The maximum atomic E-state index is 11.2. The first-order valence-corrected chi connectivity index (χ1v) is 21.9. The molecule has 0 fully saturated rings. The van der Waals surface area contributed by atoms with Crippen LogP contribution in [0.1, 0.15) is 25.0 Å². The van der Waals surface area contributed by atoms with Crippen LogP contribution in [0.4, 0.5) is 11.4 Å². The Labute approximate surface area is 373 Å². The van der Waals surface area contributed by atoms with E-state index in [0.29, 0.717) is 11.5 Å². The van der Waals surface area contributed by atoms with Gasteiger partial charge in [0.2, 0.25) is 0 Å². The van der Waals surface area contributed by atoms with Gasteiger partial charge in [-0.25, -0.2) is 0 Å². The smallest absolute Gasteiger partial charge is 0.119 e. The lowest BCUT2D eigenvalue weighted by atomic mass is 10.1. The number of hydrazone groups is 2. The van der Waals surface area contributed by atoms with Gasteiger partial charge in [-0.15, -0.1) is 0 Å². The Kier molecular flexibility index (Phi) is 12.7. The quantitative estimate of drug-likeness (QED) is 0.0659. The average molecular weight is 849 g/mol. The lowest BCUT2D eigenvalue weighted by Crippen LogP contribution is -2.32. The van der Waals surface area contributed by atoms with E-state index in [1.54, 1.807) is 34.3 Å². The third kappa shape index (κ3) is 9.20. The third-order valence-electron chi connectivity index (χ3n) is 11.5. The number of aryl methyl sites for hydroxylation is 2. The van der Waals surface area contributed by atoms with Gasteiger partial charge in [0.05, 0.1) is 36.9 Å². The van der Waals surface area contributed by atoms with Gasteiger partial charge in [0.25, 0.3) is 0 Å². The van der Waals surface area contributed by atoms with Crippen LogP contribution in [0, 0.1) is 0 Å². The lowest BCUT2D eigenvalue weighted by molar-refractivity contribution is 0.110. The number of rotatable bonds is 18. The molecule has 2 atom stereocenters. The van der Waals surface area contributed by atoms with Crippen molar-refractivity contribution in [2.45, 2.75) is 39.1 Å². The maximum Gasteiger partial charge on any atom is 0.119 e. The molecule has 0 aliphatic rings. The van der Waals surface area contributed by atoms with E-state index in [2.05, 4.69) is 108 Å². The van der Waals surface area contributed by atoms with E-state index in [1.165, 1.54) is 43.6 Å². The van der Waals surface area contributed by atoms with Gasteiger partial charge >= 0.3 is 0 Å². The second-order valence-corrected chi connectivity index (χ2v) is 15.8. The molecule has 0 saturated carbocycles. The first kappa shape index (κ1) is 41.9. The largest absolute Gasteiger partial charge is 0.491 e. The minimum Gasteiger partial charge on any atom is -0.491 e. The molecule has 10 heteroatoms. The Morgan fingerprint density at radius 2 is 0.844 bits per heavy atom. The van der Waals surface area contributed by atoms with Gasteiger partial charge in [-0.05, 0) is 110 Å². The monoisotopic (exact) mass is 848 g/mol. The third-order valence-corrected chi connectivity index (χ3v) is 11.5. The topological polar surface area (TPSA) is 100.0 Å². The Morgan fingerprint density at radius 1 is 0.469 bits per heavy atom. The molecule has 2 heterocycles. The number of hydrogen-bond donors (Lipinski definition) is 2. The number of aliphatic hydroxyl groups excluding tert-OH is 2. The van der Waals surface area contributed by atoms with Crippen LogP contribution in [-0.2, 0) is 13.1 Å². The van der Waals surface area contributed by atoms with Crippen LogP contribution >= 0.6 is 0 Å². The van der Waals surface area contributed by atoms with E-state index in [1.807, 2.05) is 73.1 Å². The molecule has 0 aliphatic heterocycles. The number of aromatic nitrogens is 2. The summed E-state index contributed by atoms with van der Waals surface area (Å²) >= 11 is 0. The van der Waals surface area contributed by atoms with Crippen LogP contribution in [0.5, 0.6) is 11.5 Å². The van der Waals surface area contributed by atoms with Gasteiger partial charge in [-0.1, -0.05) is 84.9 Å². The molecule has 0 aliphatic carbocycles. The van der Waals surface area contributed by atoms with E-state index < -0.39 is 12.2 Å². The summed E-state index contributed by atoms with van der Waals surface area (Å²) in [6, 6.07) is 56.6. The van der Waals surface area contributed by atoms with Crippen molar-refractivity contribution in [3.05, 3.63) is 181 Å². The average Bonchev–Trinajstić information content (AvgIpc) is 3.84. The van der Waals surface area contributed by atoms with Crippen molar-refractivity contribution < 1.29 is 19.7 Å². The van der Waals surface area contributed by atoms with E-state index >= 15 is 0 Å². The van der Waals surface area contributed by atoms with Crippen molar-refractivity contribution >= 4 is 67.4 Å². The molecule has 0 bridgehead atoms. The normalized spacial score (nSPS) is 12.8. The van der Waals surface area contributed by atoms with Gasteiger partial charge in [-0.3, -0.25) is 10.0 Å². The van der Waals surface area contributed by atoms with Gasteiger partial charge in [0, 0.05) is 56.7 Å². The predicted molar refractivity (Wildman–Crippen MR) is 262 cm³/mol. The summed E-state index contributed by atoms with van der Waals surface area (Å²) < 4.78 is 16.7. The summed E-state index contributed by atoms with van der Waals surface area (Å²) in [7, 11) is 0.